The van der Waals surface area contributed by atoms with Gasteiger partial charge in [0.2, 0.25) is 0 Å². The number of H-pyrrole nitrogens is 1. The second-order valence-corrected chi connectivity index (χ2v) is 8.12. The smallest absolute Gasteiger partial charge is 0.0971 e. The second kappa shape index (κ2) is 5.39. The molecule has 0 bridgehead atoms. The molecule has 5 rings (SSSR count). The molecule has 0 fully saturated rings. The van der Waals surface area contributed by atoms with Crippen LogP contribution in [0.2, 0.25) is 0 Å². The quantitative estimate of drug-likeness (QED) is 0.498. The monoisotopic (exact) mass is 397 g/mol. The molecule has 0 saturated heterocycles. The van der Waals surface area contributed by atoms with E-state index >= 15 is 0 Å². The van der Waals surface area contributed by atoms with Gasteiger partial charge in [0.05, 0.1) is 27.9 Å². The van der Waals surface area contributed by atoms with Gasteiger partial charge in [0.15, 0.2) is 0 Å². The van der Waals surface area contributed by atoms with Crippen LogP contribution in [0.1, 0.15) is 16.7 Å². The number of aromatic nitrogens is 5. The first-order chi connectivity index (χ1) is 11.8. The zero-order valence-corrected chi connectivity index (χ0v) is 14.9. The summed E-state index contributed by atoms with van der Waals surface area (Å²) in [4.78, 5) is 0. The summed E-state index contributed by atoms with van der Waals surface area (Å²) in [6.07, 6.45) is 4.50. The third kappa shape index (κ3) is 2.23. The summed E-state index contributed by atoms with van der Waals surface area (Å²) in [5.74, 6) is 0. The molecule has 24 heavy (non-hydrogen) atoms. The normalized spacial score (nSPS) is 12.4. The molecule has 3 heterocycles. The van der Waals surface area contributed by atoms with Gasteiger partial charge >= 0.3 is 0 Å². The van der Waals surface area contributed by atoms with Crippen LogP contribution >= 0.6 is 27.3 Å². The molecule has 1 N–H and O–H groups in total. The molecular formula is C17H12BrN5S. The molecule has 0 aliphatic heterocycles. The highest BCUT2D eigenvalue weighted by molar-refractivity contribution is 9.11. The third-order valence-corrected chi connectivity index (χ3v) is 5.84. The van der Waals surface area contributed by atoms with Crippen LogP contribution in [-0.2, 0) is 13.0 Å². The Morgan fingerprint density at radius 3 is 3.04 bits per heavy atom. The third-order valence-electron chi connectivity index (χ3n) is 4.34. The topological polar surface area (TPSA) is 59.4 Å². The summed E-state index contributed by atoms with van der Waals surface area (Å²) in [6, 6.07) is 8.73. The number of nitrogens with zero attached hydrogens (tertiary/aromatic N) is 4. The number of rotatable bonds is 3. The minimum Gasteiger partial charge on any atom is -0.277 e. The second-order valence-electron chi connectivity index (χ2n) is 5.83. The lowest BCUT2D eigenvalue weighted by Crippen LogP contribution is -2.01. The average Bonchev–Trinajstić information content (AvgIpc) is 3.32. The number of hydrogen-bond acceptors (Lipinski definition) is 4. The Morgan fingerprint density at radius 2 is 2.25 bits per heavy atom. The van der Waals surface area contributed by atoms with Gasteiger partial charge in [0.1, 0.15) is 0 Å². The fourth-order valence-electron chi connectivity index (χ4n) is 3.24. The largest absolute Gasteiger partial charge is 0.277 e. The highest BCUT2D eigenvalue weighted by Crippen LogP contribution is 2.41. The van der Waals surface area contributed by atoms with Crippen molar-refractivity contribution in [1.29, 1.82) is 0 Å². The fourth-order valence-corrected chi connectivity index (χ4v) is 4.38. The van der Waals surface area contributed by atoms with Crippen LogP contribution in [0, 0.1) is 0 Å². The van der Waals surface area contributed by atoms with Gasteiger partial charge in [-0.25, -0.2) is 4.68 Å². The van der Waals surface area contributed by atoms with Crippen molar-refractivity contribution in [1.82, 2.24) is 25.2 Å². The Bertz CT molecular complexity index is 1030. The van der Waals surface area contributed by atoms with Crippen LogP contribution in [0.3, 0.4) is 0 Å². The van der Waals surface area contributed by atoms with Gasteiger partial charge in [-0.05, 0) is 39.2 Å². The summed E-state index contributed by atoms with van der Waals surface area (Å²) < 4.78 is 2.96. The van der Waals surface area contributed by atoms with Gasteiger partial charge in [0, 0.05) is 34.7 Å². The summed E-state index contributed by atoms with van der Waals surface area (Å²) in [5.41, 5.74) is 8.45. The van der Waals surface area contributed by atoms with Crippen molar-refractivity contribution in [2.75, 3.05) is 0 Å². The molecule has 0 radical (unpaired) electrons. The van der Waals surface area contributed by atoms with Crippen molar-refractivity contribution in [3.8, 4) is 22.5 Å². The first kappa shape index (κ1) is 14.1. The molecule has 0 amide bonds. The Morgan fingerprint density at radius 1 is 1.29 bits per heavy atom. The molecule has 1 aliphatic rings. The van der Waals surface area contributed by atoms with Gasteiger partial charge in [0.25, 0.3) is 0 Å². The Labute approximate surface area is 150 Å². The predicted octanol–water partition coefficient (Wildman–Crippen LogP) is 4.11. The van der Waals surface area contributed by atoms with E-state index in [2.05, 4.69) is 66.1 Å². The van der Waals surface area contributed by atoms with Crippen molar-refractivity contribution < 1.29 is 0 Å². The molecule has 1 aromatic carbocycles. The Balaban J connectivity index is 1.54. The van der Waals surface area contributed by atoms with E-state index in [-0.39, 0.29) is 0 Å². The molecule has 5 nitrogen and oxygen atoms in total. The SMILES string of the molecule is Brc1cc(-c2n[nH]c3c2Cc2ccc(Cn4ccnn4)cc2-3)cs1. The molecule has 0 atom stereocenters. The van der Waals surface area contributed by atoms with Gasteiger partial charge in [-0.1, -0.05) is 17.3 Å². The van der Waals surface area contributed by atoms with E-state index in [9.17, 15) is 0 Å². The van der Waals surface area contributed by atoms with Crippen LogP contribution in [0.5, 0.6) is 0 Å². The van der Waals surface area contributed by atoms with E-state index in [0.29, 0.717) is 0 Å². The van der Waals surface area contributed by atoms with Crippen molar-refractivity contribution in [2.24, 2.45) is 0 Å². The maximum atomic E-state index is 4.56. The van der Waals surface area contributed by atoms with Crippen LogP contribution in [-0.4, -0.2) is 25.2 Å². The van der Waals surface area contributed by atoms with Crippen molar-refractivity contribution >= 4 is 27.3 Å². The van der Waals surface area contributed by atoms with Gasteiger partial charge in [-0.3, -0.25) is 5.10 Å². The Hall–Kier alpha value is -2.25. The van der Waals surface area contributed by atoms with Crippen LogP contribution in [0.4, 0.5) is 0 Å². The highest BCUT2D eigenvalue weighted by Gasteiger charge is 2.25. The van der Waals surface area contributed by atoms with E-state index in [4.69, 9.17) is 0 Å². The number of fused-ring (bicyclic) bond motifs is 3. The number of halogens is 1. The summed E-state index contributed by atoms with van der Waals surface area (Å²) >= 11 is 5.22. The lowest BCUT2D eigenvalue weighted by atomic mass is 10.1. The van der Waals surface area contributed by atoms with E-state index in [0.717, 1.165) is 28.1 Å². The number of thiophene rings is 1. The molecular weight excluding hydrogens is 386 g/mol. The summed E-state index contributed by atoms with van der Waals surface area (Å²) in [7, 11) is 0. The summed E-state index contributed by atoms with van der Waals surface area (Å²) in [6.45, 7) is 0.723. The van der Waals surface area contributed by atoms with Crippen LogP contribution < -0.4 is 0 Å². The summed E-state index contributed by atoms with van der Waals surface area (Å²) in [5, 5.41) is 17.8. The molecule has 7 heteroatoms. The Kier molecular flexibility index (Phi) is 3.17. The van der Waals surface area contributed by atoms with Crippen molar-refractivity contribution in [3.05, 3.63) is 62.5 Å². The van der Waals surface area contributed by atoms with E-state index < -0.39 is 0 Å². The highest BCUT2D eigenvalue weighted by atomic mass is 79.9. The van der Waals surface area contributed by atoms with E-state index in [1.165, 1.54) is 27.8 Å². The van der Waals surface area contributed by atoms with Crippen LogP contribution in [0.15, 0.2) is 45.8 Å². The van der Waals surface area contributed by atoms with Gasteiger partial charge in [-0.2, -0.15) is 5.10 Å². The zero-order valence-electron chi connectivity index (χ0n) is 12.5. The zero-order chi connectivity index (χ0) is 16.1. The van der Waals surface area contributed by atoms with Gasteiger partial charge in [-0.15, -0.1) is 16.4 Å². The maximum absolute atomic E-state index is 4.56. The van der Waals surface area contributed by atoms with E-state index in [1.807, 2.05) is 10.9 Å². The van der Waals surface area contributed by atoms with Crippen molar-refractivity contribution in [3.63, 3.8) is 0 Å². The lowest BCUT2D eigenvalue weighted by Gasteiger charge is -2.05. The first-order valence-corrected chi connectivity index (χ1v) is 9.23. The number of benzene rings is 1. The lowest BCUT2D eigenvalue weighted by molar-refractivity contribution is 0.649. The fraction of sp³-hybridized carbons (Fsp3) is 0.118. The standard InChI is InChI=1S/C17H12BrN5S/c18-15-7-12(9-24-15)16-14-6-11-2-1-10(8-23-4-3-19-22-23)5-13(11)17(14)21-20-16/h1-5,7,9H,6,8H2,(H,20,21). The molecule has 4 aromatic rings. The van der Waals surface area contributed by atoms with Crippen molar-refractivity contribution in [2.45, 2.75) is 13.0 Å². The molecule has 3 aromatic heterocycles. The van der Waals surface area contributed by atoms with Crippen LogP contribution in [0.25, 0.3) is 22.5 Å². The van der Waals surface area contributed by atoms with Gasteiger partial charge < -0.3 is 0 Å². The first-order valence-electron chi connectivity index (χ1n) is 7.56. The molecule has 118 valence electrons. The number of hydrogen-bond donors (Lipinski definition) is 1. The minimum absolute atomic E-state index is 0.723. The predicted molar refractivity (Wildman–Crippen MR) is 97.0 cm³/mol. The maximum Gasteiger partial charge on any atom is 0.0971 e. The van der Waals surface area contributed by atoms with E-state index in [1.54, 1.807) is 17.5 Å². The molecule has 0 unspecified atom stereocenters. The minimum atomic E-state index is 0.723. The number of aromatic amines is 1. The average molecular weight is 398 g/mol. The molecule has 0 spiro atoms. The molecule has 0 saturated carbocycles. The number of nitrogens with one attached hydrogen (secondary N) is 1. The molecule has 1 aliphatic carbocycles.